The molecule has 0 aliphatic heterocycles. The van der Waals surface area contributed by atoms with Crippen molar-refractivity contribution in [3.05, 3.63) is 52.7 Å². The van der Waals surface area contributed by atoms with Crippen LogP contribution in [0.15, 0.2) is 41.5 Å². The van der Waals surface area contributed by atoms with E-state index in [2.05, 4.69) is 21.2 Å². The molecule has 6 nitrogen and oxygen atoms in total. The summed E-state index contributed by atoms with van der Waals surface area (Å²) in [5.41, 5.74) is 9.15. The first kappa shape index (κ1) is 14.2. The van der Waals surface area contributed by atoms with E-state index < -0.39 is 0 Å². The van der Waals surface area contributed by atoms with Gasteiger partial charge in [0.25, 0.3) is 5.56 Å². The van der Waals surface area contributed by atoms with Crippen molar-refractivity contribution < 1.29 is 0 Å². The number of nitrogens with two attached hydrogens (primary N) is 1. The van der Waals surface area contributed by atoms with E-state index in [9.17, 15) is 4.79 Å². The Morgan fingerprint density at radius 1 is 1.14 bits per heavy atom. The van der Waals surface area contributed by atoms with Crippen molar-refractivity contribution in [1.29, 1.82) is 0 Å². The van der Waals surface area contributed by atoms with Gasteiger partial charge in [-0.25, -0.2) is 5.10 Å². The molecule has 0 aliphatic rings. The summed E-state index contributed by atoms with van der Waals surface area (Å²) < 4.78 is 0. The molecule has 0 saturated carbocycles. The molecule has 3 rings (SSSR count). The van der Waals surface area contributed by atoms with Gasteiger partial charge >= 0.3 is 0 Å². The third-order valence-corrected chi connectivity index (χ3v) is 3.63. The average molecular weight is 295 g/mol. The molecule has 0 bridgehead atoms. The summed E-state index contributed by atoms with van der Waals surface area (Å²) in [5, 5.41) is 7.86. The maximum Gasteiger partial charge on any atom is 0.272 e. The number of fused-ring (bicyclic) bond motifs is 1. The molecule has 0 aliphatic carbocycles. The van der Waals surface area contributed by atoms with Crippen LogP contribution in [0, 0.1) is 0 Å². The summed E-state index contributed by atoms with van der Waals surface area (Å²) in [6.07, 6.45) is 3.61. The quantitative estimate of drug-likeness (QED) is 0.764. The van der Waals surface area contributed by atoms with Crippen LogP contribution in [0.1, 0.15) is 5.69 Å². The highest BCUT2D eigenvalue weighted by Gasteiger charge is 2.08. The molecule has 3 aromatic rings. The standard InChI is InChI=1S/C16H17N5O/c1-21(2)12-5-11(8-18-9-12)10-3-4-13-14(6-10)15(7-17)19-20-16(13)22/h3-6,8-9H,7,17H2,1-2H3,(H,20,22). The van der Waals surface area contributed by atoms with E-state index in [-0.39, 0.29) is 12.1 Å². The maximum absolute atomic E-state index is 11.9. The van der Waals surface area contributed by atoms with E-state index in [1.165, 1.54) is 0 Å². The van der Waals surface area contributed by atoms with Crippen molar-refractivity contribution in [2.24, 2.45) is 5.73 Å². The van der Waals surface area contributed by atoms with E-state index in [4.69, 9.17) is 5.73 Å². The molecule has 1 aromatic carbocycles. The van der Waals surface area contributed by atoms with Crippen molar-refractivity contribution in [1.82, 2.24) is 15.2 Å². The van der Waals surface area contributed by atoms with Gasteiger partial charge in [-0.1, -0.05) is 6.07 Å². The molecule has 0 atom stereocenters. The number of aromatic nitrogens is 3. The Balaban J connectivity index is 2.20. The third kappa shape index (κ3) is 2.44. The molecule has 0 saturated heterocycles. The number of benzene rings is 1. The molecule has 0 unspecified atom stereocenters. The number of nitrogens with zero attached hydrogens (tertiary/aromatic N) is 3. The first-order valence-electron chi connectivity index (χ1n) is 6.94. The smallest absolute Gasteiger partial charge is 0.272 e. The fraction of sp³-hybridized carbons (Fsp3) is 0.188. The lowest BCUT2D eigenvalue weighted by molar-refractivity contribution is 0.900. The van der Waals surface area contributed by atoms with Crippen LogP contribution in [0.5, 0.6) is 0 Å². The van der Waals surface area contributed by atoms with Crippen LogP contribution >= 0.6 is 0 Å². The number of rotatable bonds is 3. The van der Waals surface area contributed by atoms with Gasteiger partial charge in [-0.05, 0) is 23.8 Å². The van der Waals surface area contributed by atoms with E-state index in [1.807, 2.05) is 37.3 Å². The number of anilines is 1. The molecular weight excluding hydrogens is 278 g/mol. The van der Waals surface area contributed by atoms with Crippen LogP contribution < -0.4 is 16.2 Å². The van der Waals surface area contributed by atoms with Gasteiger partial charge in [-0.3, -0.25) is 9.78 Å². The predicted octanol–water partition coefficient (Wildman–Crippen LogP) is 1.51. The fourth-order valence-electron chi connectivity index (χ4n) is 2.39. The lowest BCUT2D eigenvalue weighted by Crippen LogP contribution is -2.13. The molecule has 6 heteroatoms. The molecule has 112 valence electrons. The van der Waals surface area contributed by atoms with Crippen molar-refractivity contribution in [2.45, 2.75) is 6.54 Å². The molecule has 2 heterocycles. The monoisotopic (exact) mass is 295 g/mol. The molecule has 0 amide bonds. The SMILES string of the molecule is CN(C)c1cncc(-c2ccc3c(=O)[nH]nc(CN)c3c2)c1. The zero-order valence-electron chi connectivity index (χ0n) is 12.5. The van der Waals surface area contributed by atoms with E-state index in [0.29, 0.717) is 11.1 Å². The van der Waals surface area contributed by atoms with Crippen LogP contribution in [0.4, 0.5) is 5.69 Å². The topological polar surface area (TPSA) is 87.9 Å². The number of pyridine rings is 1. The first-order valence-corrected chi connectivity index (χ1v) is 6.94. The normalized spacial score (nSPS) is 10.9. The maximum atomic E-state index is 11.9. The minimum Gasteiger partial charge on any atom is -0.376 e. The number of hydrogen-bond acceptors (Lipinski definition) is 5. The van der Waals surface area contributed by atoms with Gasteiger partial charge in [-0.2, -0.15) is 5.10 Å². The number of hydrogen-bond donors (Lipinski definition) is 2. The molecule has 0 spiro atoms. The Bertz CT molecular complexity index is 885. The van der Waals surface area contributed by atoms with Gasteiger partial charge in [0.05, 0.1) is 23.0 Å². The Hall–Kier alpha value is -2.73. The van der Waals surface area contributed by atoms with Crippen molar-refractivity contribution in [3.8, 4) is 11.1 Å². The first-order chi connectivity index (χ1) is 10.6. The second kappa shape index (κ2) is 5.57. The highest BCUT2D eigenvalue weighted by Crippen LogP contribution is 2.26. The number of aromatic amines is 1. The zero-order valence-corrected chi connectivity index (χ0v) is 12.5. The summed E-state index contributed by atoms with van der Waals surface area (Å²) in [5.74, 6) is 0. The Morgan fingerprint density at radius 3 is 2.68 bits per heavy atom. The summed E-state index contributed by atoms with van der Waals surface area (Å²) in [6.45, 7) is 0.271. The third-order valence-electron chi connectivity index (χ3n) is 3.63. The molecule has 0 radical (unpaired) electrons. The number of H-pyrrole nitrogens is 1. The lowest BCUT2D eigenvalue weighted by atomic mass is 10.0. The van der Waals surface area contributed by atoms with E-state index in [0.717, 1.165) is 22.2 Å². The molecule has 3 N–H and O–H groups in total. The van der Waals surface area contributed by atoms with Gasteiger partial charge in [0.2, 0.25) is 0 Å². The second-order valence-electron chi connectivity index (χ2n) is 5.29. The van der Waals surface area contributed by atoms with Crippen LogP contribution in [-0.4, -0.2) is 29.3 Å². The largest absolute Gasteiger partial charge is 0.376 e. The molecule has 22 heavy (non-hydrogen) atoms. The summed E-state index contributed by atoms with van der Waals surface area (Å²) in [7, 11) is 3.94. The van der Waals surface area contributed by atoms with Crippen LogP contribution in [0.3, 0.4) is 0 Å². The summed E-state index contributed by atoms with van der Waals surface area (Å²) in [6, 6.07) is 7.70. The fourth-order valence-corrected chi connectivity index (χ4v) is 2.39. The molecule has 2 aromatic heterocycles. The van der Waals surface area contributed by atoms with Crippen molar-refractivity contribution >= 4 is 16.5 Å². The van der Waals surface area contributed by atoms with Crippen molar-refractivity contribution in [3.63, 3.8) is 0 Å². The Kier molecular flexibility index (Phi) is 3.60. The Labute approximate surface area is 127 Å². The summed E-state index contributed by atoms with van der Waals surface area (Å²) in [4.78, 5) is 18.1. The highest BCUT2D eigenvalue weighted by molar-refractivity contribution is 5.88. The Morgan fingerprint density at radius 2 is 1.95 bits per heavy atom. The van der Waals surface area contributed by atoms with Crippen LogP contribution in [0.25, 0.3) is 21.9 Å². The van der Waals surface area contributed by atoms with Gasteiger partial charge in [-0.15, -0.1) is 0 Å². The predicted molar refractivity (Wildman–Crippen MR) is 87.8 cm³/mol. The highest BCUT2D eigenvalue weighted by atomic mass is 16.1. The van der Waals surface area contributed by atoms with Crippen LogP contribution in [0.2, 0.25) is 0 Å². The minimum atomic E-state index is -0.209. The second-order valence-corrected chi connectivity index (χ2v) is 5.29. The summed E-state index contributed by atoms with van der Waals surface area (Å²) >= 11 is 0. The zero-order chi connectivity index (χ0) is 15.7. The lowest BCUT2D eigenvalue weighted by Gasteiger charge is -2.13. The molecular formula is C16H17N5O. The van der Waals surface area contributed by atoms with Gasteiger partial charge < -0.3 is 10.6 Å². The van der Waals surface area contributed by atoms with Gasteiger partial charge in [0.1, 0.15) is 0 Å². The van der Waals surface area contributed by atoms with Gasteiger partial charge in [0, 0.05) is 37.8 Å². The molecule has 0 fully saturated rings. The number of nitrogens with one attached hydrogen (secondary N) is 1. The van der Waals surface area contributed by atoms with Crippen molar-refractivity contribution in [2.75, 3.05) is 19.0 Å². The van der Waals surface area contributed by atoms with E-state index in [1.54, 1.807) is 12.3 Å². The average Bonchev–Trinajstić information content (AvgIpc) is 2.55. The van der Waals surface area contributed by atoms with Gasteiger partial charge in [0.15, 0.2) is 0 Å². The van der Waals surface area contributed by atoms with E-state index >= 15 is 0 Å². The van der Waals surface area contributed by atoms with Crippen LogP contribution in [-0.2, 0) is 6.54 Å². The minimum absolute atomic E-state index is 0.209.